The van der Waals surface area contributed by atoms with Gasteiger partial charge in [0, 0.05) is 51.4 Å². The molecule has 2 fully saturated rings. The van der Waals surface area contributed by atoms with Crippen molar-refractivity contribution in [2.75, 3.05) is 44.2 Å². The molecule has 154 valence electrons. The molecular weight excluding hydrogens is 369 g/mol. The van der Waals surface area contributed by atoms with Gasteiger partial charge in [0.2, 0.25) is 0 Å². The van der Waals surface area contributed by atoms with Crippen LogP contribution in [0.5, 0.6) is 0 Å². The summed E-state index contributed by atoms with van der Waals surface area (Å²) in [7, 11) is 0. The molecule has 2 aliphatic rings. The van der Waals surface area contributed by atoms with E-state index in [0.29, 0.717) is 17.8 Å². The third-order valence-corrected chi connectivity index (χ3v) is 5.70. The first kappa shape index (κ1) is 19.9. The second kappa shape index (κ2) is 9.37. The van der Waals surface area contributed by atoms with Crippen LogP contribution in [0.25, 0.3) is 0 Å². The number of carbonyl (C=O) groups excluding carboxylic acids is 1. The first-order chi connectivity index (χ1) is 14.2. The third-order valence-electron chi connectivity index (χ3n) is 5.70. The number of amides is 1. The van der Waals surface area contributed by atoms with E-state index in [1.807, 2.05) is 36.4 Å². The van der Waals surface area contributed by atoms with Crippen LogP contribution in [0.4, 0.5) is 10.1 Å². The SMILES string of the molecule is O=C(NC[C@@H]1CCCO1)c1ccc(CN2CCN(c3ccccc3F)CC2)cc1. The van der Waals surface area contributed by atoms with Crippen LogP contribution in [-0.2, 0) is 11.3 Å². The van der Waals surface area contributed by atoms with E-state index in [-0.39, 0.29) is 17.8 Å². The number of ether oxygens (including phenoxy) is 1. The van der Waals surface area contributed by atoms with Crippen molar-refractivity contribution >= 4 is 11.6 Å². The summed E-state index contributed by atoms with van der Waals surface area (Å²) >= 11 is 0. The van der Waals surface area contributed by atoms with Crippen molar-refractivity contribution in [1.29, 1.82) is 0 Å². The number of benzene rings is 2. The minimum Gasteiger partial charge on any atom is -0.376 e. The molecule has 1 amide bonds. The molecule has 5 nitrogen and oxygen atoms in total. The molecule has 6 heteroatoms. The van der Waals surface area contributed by atoms with Crippen molar-refractivity contribution in [3.63, 3.8) is 0 Å². The zero-order valence-corrected chi connectivity index (χ0v) is 16.6. The van der Waals surface area contributed by atoms with Crippen LogP contribution in [0.3, 0.4) is 0 Å². The Balaban J connectivity index is 1.25. The minimum absolute atomic E-state index is 0.0504. The van der Waals surface area contributed by atoms with Crippen LogP contribution in [0, 0.1) is 5.82 Å². The van der Waals surface area contributed by atoms with Crippen LogP contribution >= 0.6 is 0 Å². The number of piperazine rings is 1. The first-order valence-corrected chi connectivity index (χ1v) is 10.4. The van der Waals surface area contributed by atoms with Gasteiger partial charge in [-0.2, -0.15) is 0 Å². The lowest BCUT2D eigenvalue weighted by Crippen LogP contribution is -2.46. The van der Waals surface area contributed by atoms with Crippen LogP contribution in [0.2, 0.25) is 0 Å². The van der Waals surface area contributed by atoms with E-state index in [4.69, 9.17) is 4.74 Å². The zero-order valence-electron chi connectivity index (χ0n) is 16.6. The Labute approximate surface area is 171 Å². The molecule has 2 saturated heterocycles. The van der Waals surface area contributed by atoms with E-state index in [9.17, 15) is 9.18 Å². The Morgan fingerprint density at radius 2 is 1.83 bits per heavy atom. The number of halogens is 1. The fraction of sp³-hybridized carbons (Fsp3) is 0.435. The third kappa shape index (κ3) is 5.14. The molecule has 0 bridgehead atoms. The predicted molar refractivity (Wildman–Crippen MR) is 112 cm³/mol. The monoisotopic (exact) mass is 397 g/mol. The van der Waals surface area contributed by atoms with Crippen LogP contribution < -0.4 is 10.2 Å². The number of para-hydroxylation sites is 1. The number of hydrogen-bond acceptors (Lipinski definition) is 4. The van der Waals surface area contributed by atoms with Crippen molar-refractivity contribution in [1.82, 2.24) is 10.2 Å². The largest absolute Gasteiger partial charge is 0.376 e. The van der Waals surface area contributed by atoms with E-state index in [0.717, 1.165) is 52.2 Å². The lowest BCUT2D eigenvalue weighted by molar-refractivity contribution is 0.0858. The summed E-state index contributed by atoms with van der Waals surface area (Å²) in [4.78, 5) is 16.8. The van der Waals surface area contributed by atoms with E-state index in [2.05, 4.69) is 15.1 Å². The molecule has 2 heterocycles. The van der Waals surface area contributed by atoms with E-state index < -0.39 is 0 Å². The number of nitrogens with zero attached hydrogens (tertiary/aromatic N) is 2. The smallest absolute Gasteiger partial charge is 0.251 e. The van der Waals surface area contributed by atoms with E-state index in [1.54, 1.807) is 6.07 Å². The lowest BCUT2D eigenvalue weighted by Gasteiger charge is -2.36. The Morgan fingerprint density at radius 3 is 2.52 bits per heavy atom. The Bertz CT molecular complexity index is 813. The topological polar surface area (TPSA) is 44.8 Å². The van der Waals surface area contributed by atoms with Gasteiger partial charge in [0.1, 0.15) is 5.82 Å². The average Bonchev–Trinajstić information content (AvgIpc) is 3.27. The number of nitrogens with one attached hydrogen (secondary N) is 1. The molecule has 0 unspecified atom stereocenters. The fourth-order valence-electron chi connectivity index (χ4n) is 3.99. The van der Waals surface area contributed by atoms with Crippen molar-refractivity contribution in [2.24, 2.45) is 0 Å². The second-order valence-electron chi connectivity index (χ2n) is 7.76. The van der Waals surface area contributed by atoms with Gasteiger partial charge in [0.25, 0.3) is 5.91 Å². The predicted octanol–water partition coefficient (Wildman–Crippen LogP) is 3.06. The van der Waals surface area contributed by atoms with Crippen molar-refractivity contribution in [2.45, 2.75) is 25.5 Å². The number of carbonyl (C=O) groups is 1. The van der Waals surface area contributed by atoms with Crippen LogP contribution in [0.15, 0.2) is 48.5 Å². The number of hydrogen-bond donors (Lipinski definition) is 1. The van der Waals surface area contributed by atoms with Crippen LogP contribution in [0.1, 0.15) is 28.8 Å². The highest BCUT2D eigenvalue weighted by atomic mass is 19.1. The Hall–Kier alpha value is -2.44. The van der Waals surface area contributed by atoms with Gasteiger partial charge in [-0.1, -0.05) is 24.3 Å². The van der Waals surface area contributed by atoms with Crippen molar-refractivity contribution in [3.05, 3.63) is 65.5 Å². The molecule has 0 aliphatic carbocycles. The molecule has 0 spiro atoms. The van der Waals surface area contributed by atoms with Crippen molar-refractivity contribution in [3.8, 4) is 0 Å². The Morgan fingerprint density at radius 1 is 1.07 bits per heavy atom. The first-order valence-electron chi connectivity index (χ1n) is 10.4. The molecule has 2 aliphatic heterocycles. The quantitative estimate of drug-likeness (QED) is 0.814. The van der Waals surface area contributed by atoms with Gasteiger partial charge in [-0.15, -0.1) is 0 Å². The highest BCUT2D eigenvalue weighted by molar-refractivity contribution is 5.94. The van der Waals surface area contributed by atoms with Crippen LogP contribution in [-0.4, -0.2) is 56.2 Å². The molecule has 29 heavy (non-hydrogen) atoms. The zero-order chi connectivity index (χ0) is 20.1. The highest BCUT2D eigenvalue weighted by Crippen LogP contribution is 2.21. The summed E-state index contributed by atoms with van der Waals surface area (Å²) in [6.07, 6.45) is 2.24. The highest BCUT2D eigenvalue weighted by Gasteiger charge is 2.20. The summed E-state index contributed by atoms with van der Waals surface area (Å²) < 4.78 is 19.5. The fourth-order valence-corrected chi connectivity index (χ4v) is 3.99. The summed E-state index contributed by atoms with van der Waals surface area (Å²) in [5.74, 6) is -0.208. The van der Waals surface area contributed by atoms with Gasteiger partial charge < -0.3 is 15.0 Å². The van der Waals surface area contributed by atoms with E-state index >= 15 is 0 Å². The summed E-state index contributed by atoms with van der Waals surface area (Å²) in [5, 5.41) is 2.96. The minimum atomic E-state index is -0.158. The lowest BCUT2D eigenvalue weighted by atomic mass is 10.1. The van der Waals surface area contributed by atoms with Gasteiger partial charge in [0.15, 0.2) is 0 Å². The van der Waals surface area contributed by atoms with Gasteiger partial charge >= 0.3 is 0 Å². The number of rotatable bonds is 6. The molecule has 0 aromatic heterocycles. The summed E-state index contributed by atoms with van der Waals surface area (Å²) in [5.41, 5.74) is 2.54. The normalized spacial score (nSPS) is 20.0. The molecule has 1 atom stereocenters. The molecule has 0 saturated carbocycles. The van der Waals surface area contributed by atoms with Crippen molar-refractivity contribution < 1.29 is 13.9 Å². The molecule has 1 N–H and O–H groups in total. The molecule has 2 aromatic carbocycles. The number of anilines is 1. The van der Waals surface area contributed by atoms with Gasteiger partial charge in [-0.25, -0.2) is 4.39 Å². The summed E-state index contributed by atoms with van der Waals surface area (Å²) in [6.45, 7) is 5.60. The van der Waals surface area contributed by atoms with Gasteiger partial charge in [0.05, 0.1) is 11.8 Å². The second-order valence-corrected chi connectivity index (χ2v) is 7.76. The maximum absolute atomic E-state index is 14.0. The van der Waals surface area contributed by atoms with E-state index in [1.165, 1.54) is 11.6 Å². The molecule has 0 radical (unpaired) electrons. The maximum atomic E-state index is 14.0. The maximum Gasteiger partial charge on any atom is 0.251 e. The average molecular weight is 397 g/mol. The molecule has 4 rings (SSSR count). The molecule has 2 aromatic rings. The van der Waals surface area contributed by atoms with Gasteiger partial charge in [-0.3, -0.25) is 9.69 Å². The van der Waals surface area contributed by atoms with Gasteiger partial charge in [-0.05, 0) is 42.7 Å². The Kier molecular flexibility index (Phi) is 6.42. The standard InChI is InChI=1S/C23H28FN3O2/c24-21-5-1-2-6-22(21)27-13-11-26(12-14-27)17-18-7-9-19(10-8-18)23(28)25-16-20-4-3-15-29-20/h1-2,5-10,20H,3-4,11-17H2,(H,25,28)/t20-/m0/s1. The summed E-state index contributed by atoms with van der Waals surface area (Å²) in [6, 6.07) is 14.8. The molecular formula is C23H28FN3O2.